The van der Waals surface area contributed by atoms with Crippen molar-refractivity contribution in [3.8, 4) is 11.3 Å². The van der Waals surface area contributed by atoms with Gasteiger partial charge in [0.05, 0.1) is 5.52 Å². The minimum absolute atomic E-state index is 0.152. The third kappa shape index (κ3) is 3.08. The Morgan fingerprint density at radius 2 is 1.70 bits per heavy atom. The first kappa shape index (κ1) is 18.0. The lowest BCUT2D eigenvalue weighted by atomic mass is 10.1. The van der Waals surface area contributed by atoms with E-state index >= 15 is 0 Å². The molecule has 6 heteroatoms. The van der Waals surface area contributed by atoms with Crippen molar-refractivity contribution in [1.82, 2.24) is 9.13 Å². The van der Waals surface area contributed by atoms with Crippen LogP contribution in [0.1, 0.15) is 0 Å². The first-order valence-electron chi connectivity index (χ1n) is 9.63. The maximum Gasteiger partial charge on any atom is 0.419 e. The van der Waals surface area contributed by atoms with Crippen molar-refractivity contribution in [1.29, 1.82) is 0 Å². The van der Waals surface area contributed by atoms with E-state index in [0.29, 0.717) is 16.8 Å². The molecule has 5 rings (SSSR count). The van der Waals surface area contributed by atoms with Crippen LogP contribution in [-0.2, 0) is 18.4 Å². The van der Waals surface area contributed by atoms with Crippen molar-refractivity contribution in [2.75, 3.05) is 5.32 Å². The van der Waals surface area contributed by atoms with Crippen LogP contribution in [0.15, 0.2) is 88.1 Å². The van der Waals surface area contributed by atoms with Crippen molar-refractivity contribution >= 4 is 33.6 Å². The van der Waals surface area contributed by atoms with Gasteiger partial charge in [-0.1, -0.05) is 48.5 Å². The van der Waals surface area contributed by atoms with Gasteiger partial charge in [0.2, 0.25) is 5.91 Å². The van der Waals surface area contributed by atoms with Crippen molar-refractivity contribution in [2.24, 2.45) is 7.05 Å². The Morgan fingerprint density at radius 3 is 2.53 bits per heavy atom. The molecular weight excluding hydrogens is 378 g/mol. The number of hydrogen-bond donors (Lipinski definition) is 1. The fourth-order valence-corrected chi connectivity index (χ4v) is 3.78. The minimum atomic E-state index is -0.431. The summed E-state index contributed by atoms with van der Waals surface area (Å²) < 4.78 is 8.58. The molecule has 3 aromatic carbocycles. The van der Waals surface area contributed by atoms with Gasteiger partial charge < -0.3 is 14.3 Å². The monoisotopic (exact) mass is 397 g/mol. The second kappa shape index (κ2) is 7.08. The Bertz CT molecular complexity index is 1440. The van der Waals surface area contributed by atoms with Crippen LogP contribution in [0.2, 0.25) is 0 Å². The quantitative estimate of drug-likeness (QED) is 0.489. The molecular formula is C24H19N3O3. The summed E-state index contributed by atoms with van der Waals surface area (Å²) in [4.78, 5) is 24.6. The van der Waals surface area contributed by atoms with E-state index in [4.69, 9.17) is 4.42 Å². The summed E-state index contributed by atoms with van der Waals surface area (Å²) in [6, 6.07) is 25.3. The summed E-state index contributed by atoms with van der Waals surface area (Å²) in [7, 11) is 1.64. The number of fused-ring (bicyclic) bond motifs is 2. The van der Waals surface area contributed by atoms with Crippen molar-refractivity contribution in [3.05, 3.63) is 89.4 Å². The van der Waals surface area contributed by atoms with E-state index in [1.54, 1.807) is 25.2 Å². The number of para-hydroxylation sites is 1. The van der Waals surface area contributed by atoms with E-state index in [1.165, 1.54) is 4.57 Å². The van der Waals surface area contributed by atoms with Gasteiger partial charge in [-0.3, -0.25) is 9.36 Å². The van der Waals surface area contributed by atoms with Gasteiger partial charge >= 0.3 is 5.76 Å². The van der Waals surface area contributed by atoms with Gasteiger partial charge in [-0.05, 0) is 35.9 Å². The molecule has 0 radical (unpaired) electrons. The molecule has 0 atom stereocenters. The third-order valence-electron chi connectivity index (χ3n) is 5.26. The molecule has 0 saturated carbocycles. The Labute approximate surface area is 172 Å². The lowest BCUT2D eigenvalue weighted by Crippen LogP contribution is -2.19. The number of rotatable bonds is 4. The van der Waals surface area contributed by atoms with Crippen LogP contribution >= 0.6 is 0 Å². The highest BCUT2D eigenvalue weighted by Crippen LogP contribution is 2.28. The molecule has 148 valence electrons. The Morgan fingerprint density at radius 1 is 0.933 bits per heavy atom. The van der Waals surface area contributed by atoms with Crippen LogP contribution in [0, 0.1) is 0 Å². The number of aromatic nitrogens is 2. The number of hydrogen-bond acceptors (Lipinski definition) is 3. The van der Waals surface area contributed by atoms with E-state index in [-0.39, 0.29) is 12.5 Å². The van der Waals surface area contributed by atoms with Gasteiger partial charge in [0, 0.05) is 29.3 Å². The lowest BCUT2D eigenvalue weighted by molar-refractivity contribution is -0.116. The van der Waals surface area contributed by atoms with Gasteiger partial charge in [0.25, 0.3) is 0 Å². The zero-order valence-electron chi connectivity index (χ0n) is 16.3. The Kier molecular flexibility index (Phi) is 4.25. The molecule has 0 aliphatic carbocycles. The number of oxazole rings is 1. The molecule has 0 bridgehead atoms. The number of carbonyl (C=O) groups excluding carboxylic acids is 1. The van der Waals surface area contributed by atoms with Gasteiger partial charge in [0.1, 0.15) is 6.54 Å². The number of nitrogens with zero attached hydrogens (tertiary/aromatic N) is 2. The first-order valence-corrected chi connectivity index (χ1v) is 9.63. The van der Waals surface area contributed by atoms with Crippen molar-refractivity contribution in [2.45, 2.75) is 6.54 Å². The lowest BCUT2D eigenvalue weighted by Gasteiger charge is -2.12. The predicted octanol–water partition coefficient (Wildman–Crippen LogP) is 4.39. The van der Waals surface area contributed by atoms with E-state index in [2.05, 4.69) is 11.4 Å². The SMILES string of the molecule is Cn1c(=O)oc2ccc(NC(=O)Cn3c(-c4ccccc4)cc4ccccc43)cc21. The number of aryl methyl sites for hydroxylation is 1. The van der Waals surface area contributed by atoms with Gasteiger partial charge in [-0.25, -0.2) is 4.79 Å². The van der Waals surface area contributed by atoms with Crippen LogP contribution in [0.4, 0.5) is 5.69 Å². The molecule has 1 N–H and O–H groups in total. The van der Waals surface area contributed by atoms with Gasteiger partial charge in [-0.15, -0.1) is 0 Å². The van der Waals surface area contributed by atoms with Gasteiger partial charge in [0.15, 0.2) is 5.58 Å². The highest BCUT2D eigenvalue weighted by Gasteiger charge is 2.14. The van der Waals surface area contributed by atoms with Crippen LogP contribution in [0.25, 0.3) is 33.3 Å². The molecule has 0 unspecified atom stereocenters. The summed E-state index contributed by atoms with van der Waals surface area (Å²) in [5.74, 6) is -0.582. The van der Waals surface area contributed by atoms with E-state index in [1.807, 2.05) is 59.2 Å². The maximum absolute atomic E-state index is 12.9. The smallest absolute Gasteiger partial charge is 0.408 e. The summed E-state index contributed by atoms with van der Waals surface area (Å²) in [5.41, 5.74) is 4.77. The number of nitrogens with one attached hydrogen (secondary N) is 1. The highest BCUT2D eigenvalue weighted by molar-refractivity contribution is 5.95. The van der Waals surface area contributed by atoms with Crippen LogP contribution < -0.4 is 11.1 Å². The normalized spacial score (nSPS) is 11.2. The van der Waals surface area contributed by atoms with Gasteiger partial charge in [-0.2, -0.15) is 0 Å². The topological polar surface area (TPSA) is 69.2 Å². The second-order valence-corrected chi connectivity index (χ2v) is 7.20. The molecule has 0 saturated heterocycles. The predicted molar refractivity (Wildman–Crippen MR) is 117 cm³/mol. The second-order valence-electron chi connectivity index (χ2n) is 7.20. The Balaban J connectivity index is 1.49. The minimum Gasteiger partial charge on any atom is -0.408 e. The molecule has 30 heavy (non-hydrogen) atoms. The van der Waals surface area contributed by atoms with Crippen molar-refractivity contribution in [3.63, 3.8) is 0 Å². The summed E-state index contributed by atoms with van der Waals surface area (Å²) >= 11 is 0. The molecule has 0 aliphatic heterocycles. The molecule has 1 amide bonds. The number of anilines is 1. The standard InChI is InChI=1S/C24H19N3O3/c1-26-21-14-18(11-12-22(21)30-24(26)29)25-23(28)15-27-19-10-6-5-9-17(19)13-20(27)16-7-3-2-4-8-16/h2-14H,15H2,1H3,(H,25,28). The van der Waals surface area contributed by atoms with E-state index < -0.39 is 5.76 Å². The summed E-state index contributed by atoms with van der Waals surface area (Å²) in [5, 5.41) is 4.02. The summed E-state index contributed by atoms with van der Waals surface area (Å²) in [6.07, 6.45) is 0. The number of amides is 1. The fraction of sp³-hybridized carbons (Fsp3) is 0.0833. The average Bonchev–Trinajstić information content (AvgIpc) is 3.26. The number of carbonyl (C=O) groups is 1. The average molecular weight is 397 g/mol. The number of benzene rings is 3. The Hall–Kier alpha value is -4.06. The summed E-state index contributed by atoms with van der Waals surface area (Å²) in [6.45, 7) is 0.167. The molecule has 0 spiro atoms. The molecule has 2 heterocycles. The fourth-order valence-electron chi connectivity index (χ4n) is 3.78. The van der Waals surface area contributed by atoms with Crippen LogP contribution in [0.5, 0.6) is 0 Å². The highest BCUT2D eigenvalue weighted by atomic mass is 16.4. The maximum atomic E-state index is 12.9. The first-order chi connectivity index (χ1) is 14.6. The van der Waals surface area contributed by atoms with Crippen LogP contribution in [-0.4, -0.2) is 15.0 Å². The molecule has 0 fully saturated rings. The zero-order valence-corrected chi connectivity index (χ0v) is 16.3. The van der Waals surface area contributed by atoms with Crippen LogP contribution in [0.3, 0.4) is 0 Å². The molecule has 2 aromatic heterocycles. The van der Waals surface area contributed by atoms with E-state index in [0.717, 1.165) is 22.2 Å². The molecule has 6 nitrogen and oxygen atoms in total. The van der Waals surface area contributed by atoms with Crippen molar-refractivity contribution < 1.29 is 9.21 Å². The largest absolute Gasteiger partial charge is 0.419 e. The van der Waals surface area contributed by atoms with E-state index in [9.17, 15) is 9.59 Å². The zero-order chi connectivity index (χ0) is 20.7. The third-order valence-corrected chi connectivity index (χ3v) is 5.26. The molecule has 5 aromatic rings. The molecule has 0 aliphatic rings.